The maximum absolute atomic E-state index is 13.6. The van der Waals surface area contributed by atoms with Crippen molar-refractivity contribution in [1.82, 2.24) is 5.32 Å². The smallest absolute Gasteiger partial charge is 0.146 e. The van der Waals surface area contributed by atoms with Crippen LogP contribution in [0.3, 0.4) is 0 Å². The monoisotopic (exact) mass is 236 g/mol. The van der Waals surface area contributed by atoms with E-state index in [0.29, 0.717) is 11.7 Å². The number of hydrogen-bond donors (Lipinski definition) is 1. The Morgan fingerprint density at radius 3 is 2.88 bits per heavy atom. The molecule has 2 unspecified atom stereocenters. The first-order chi connectivity index (χ1) is 8.16. The lowest BCUT2D eigenvalue weighted by atomic mass is 9.94. The molecule has 2 nitrogen and oxygen atoms in total. The normalized spacial score (nSPS) is 24.6. The predicted octanol–water partition coefficient (Wildman–Crippen LogP) is 2.65. The van der Waals surface area contributed by atoms with Crippen molar-refractivity contribution in [3.63, 3.8) is 0 Å². The number of benzene rings is 1. The van der Waals surface area contributed by atoms with Gasteiger partial charge in [0.15, 0.2) is 0 Å². The fraction of sp³-hybridized carbons (Fsp3) is 0.571. The summed E-state index contributed by atoms with van der Waals surface area (Å²) in [5.41, 5.74) is 0.688. The maximum atomic E-state index is 13.6. The molecule has 1 saturated heterocycles. The molecule has 3 heteroatoms. The minimum absolute atomic E-state index is 0.140. The lowest BCUT2D eigenvalue weighted by Gasteiger charge is -2.32. The number of hydrogen-bond acceptors (Lipinski definition) is 2. The molecule has 1 aromatic rings. The van der Waals surface area contributed by atoms with E-state index in [9.17, 15) is 4.39 Å². The van der Waals surface area contributed by atoms with Crippen LogP contribution >= 0.6 is 0 Å². The first kappa shape index (κ1) is 12.4. The molecule has 17 heavy (non-hydrogen) atoms. The quantitative estimate of drug-likeness (QED) is 0.868. The number of piperidine rings is 1. The molecule has 1 aliphatic rings. The van der Waals surface area contributed by atoms with Crippen LogP contribution in [0, 0.1) is 11.7 Å². The van der Waals surface area contributed by atoms with Crippen molar-refractivity contribution in [3.8, 4) is 0 Å². The Bertz CT molecular complexity index is 367. The highest BCUT2D eigenvalue weighted by molar-refractivity contribution is 5.46. The Hall–Kier alpha value is -1.09. The van der Waals surface area contributed by atoms with E-state index in [1.807, 2.05) is 24.1 Å². The number of nitrogens with one attached hydrogen (secondary N) is 1. The zero-order valence-electron chi connectivity index (χ0n) is 10.6. The summed E-state index contributed by atoms with van der Waals surface area (Å²) in [6.07, 6.45) is 2.43. The van der Waals surface area contributed by atoms with E-state index < -0.39 is 0 Å². The minimum Gasteiger partial charge on any atom is -0.371 e. The summed E-state index contributed by atoms with van der Waals surface area (Å²) in [5, 5.41) is 3.51. The van der Waals surface area contributed by atoms with E-state index in [0.717, 1.165) is 19.0 Å². The van der Waals surface area contributed by atoms with Crippen molar-refractivity contribution in [1.29, 1.82) is 0 Å². The average molecular weight is 236 g/mol. The minimum atomic E-state index is -0.140. The zero-order valence-corrected chi connectivity index (χ0v) is 10.6. The van der Waals surface area contributed by atoms with Crippen LogP contribution in [0.2, 0.25) is 0 Å². The molecular formula is C14H21FN2. The van der Waals surface area contributed by atoms with Crippen molar-refractivity contribution in [2.24, 2.45) is 5.92 Å². The van der Waals surface area contributed by atoms with Gasteiger partial charge in [0.2, 0.25) is 0 Å². The molecule has 0 aromatic heterocycles. The molecule has 1 aromatic carbocycles. The van der Waals surface area contributed by atoms with E-state index in [-0.39, 0.29) is 5.82 Å². The van der Waals surface area contributed by atoms with Gasteiger partial charge in [-0.05, 0) is 37.4 Å². The Labute approximate surface area is 103 Å². The predicted molar refractivity (Wildman–Crippen MR) is 69.9 cm³/mol. The van der Waals surface area contributed by atoms with Gasteiger partial charge in [-0.2, -0.15) is 0 Å². The molecule has 2 rings (SSSR count). The maximum Gasteiger partial charge on any atom is 0.146 e. The van der Waals surface area contributed by atoms with Crippen LogP contribution in [-0.4, -0.2) is 26.2 Å². The van der Waals surface area contributed by atoms with Crippen molar-refractivity contribution in [2.75, 3.05) is 25.0 Å². The Morgan fingerprint density at radius 1 is 1.41 bits per heavy atom. The topological polar surface area (TPSA) is 15.3 Å². The van der Waals surface area contributed by atoms with Gasteiger partial charge < -0.3 is 10.2 Å². The molecule has 2 atom stereocenters. The molecule has 0 saturated carbocycles. The zero-order chi connectivity index (χ0) is 12.3. The van der Waals surface area contributed by atoms with Gasteiger partial charge in [-0.1, -0.05) is 19.1 Å². The standard InChI is InChI=1S/C14H21FN2/c1-11-7-8-16-12(9-11)10-17(2)14-6-4-3-5-13(14)15/h3-6,11-12,16H,7-10H2,1-2H3. The highest BCUT2D eigenvalue weighted by Gasteiger charge is 2.20. The Morgan fingerprint density at radius 2 is 2.18 bits per heavy atom. The highest BCUT2D eigenvalue weighted by Crippen LogP contribution is 2.20. The highest BCUT2D eigenvalue weighted by atomic mass is 19.1. The summed E-state index contributed by atoms with van der Waals surface area (Å²) in [5.74, 6) is 0.633. The van der Waals surface area contributed by atoms with E-state index in [1.54, 1.807) is 6.07 Å². The molecule has 0 bridgehead atoms. The van der Waals surface area contributed by atoms with Gasteiger partial charge in [0, 0.05) is 19.6 Å². The third-order valence-corrected chi connectivity index (χ3v) is 3.51. The van der Waals surface area contributed by atoms with Crippen molar-refractivity contribution >= 4 is 5.69 Å². The molecule has 1 heterocycles. The average Bonchev–Trinajstić information content (AvgIpc) is 2.29. The number of halogens is 1. The molecule has 1 N–H and O–H groups in total. The van der Waals surface area contributed by atoms with Gasteiger partial charge in [-0.25, -0.2) is 4.39 Å². The van der Waals surface area contributed by atoms with Gasteiger partial charge in [-0.3, -0.25) is 0 Å². The second-order valence-corrected chi connectivity index (χ2v) is 5.11. The summed E-state index contributed by atoms with van der Waals surface area (Å²) in [6.45, 7) is 4.24. The van der Waals surface area contributed by atoms with Gasteiger partial charge in [0.25, 0.3) is 0 Å². The van der Waals surface area contributed by atoms with E-state index in [2.05, 4.69) is 12.2 Å². The first-order valence-corrected chi connectivity index (χ1v) is 6.36. The third kappa shape index (κ3) is 3.19. The number of likely N-dealkylation sites (N-methyl/N-ethyl adjacent to an activating group) is 1. The molecule has 0 spiro atoms. The molecule has 0 radical (unpaired) electrons. The van der Waals surface area contributed by atoms with Gasteiger partial charge >= 0.3 is 0 Å². The van der Waals surface area contributed by atoms with Crippen LogP contribution in [0.1, 0.15) is 19.8 Å². The van der Waals surface area contributed by atoms with Crippen LogP contribution in [-0.2, 0) is 0 Å². The number of rotatable bonds is 3. The van der Waals surface area contributed by atoms with Gasteiger partial charge in [0.05, 0.1) is 5.69 Å². The van der Waals surface area contributed by atoms with Crippen molar-refractivity contribution in [3.05, 3.63) is 30.1 Å². The van der Waals surface area contributed by atoms with Crippen molar-refractivity contribution < 1.29 is 4.39 Å². The molecule has 94 valence electrons. The summed E-state index contributed by atoms with van der Waals surface area (Å²) in [6, 6.07) is 7.44. The van der Waals surface area contributed by atoms with E-state index in [1.165, 1.54) is 18.9 Å². The fourth-order valence-electron chi connectivity index (χ4n) is 2.55. The molecule has 1 aliphatic heterocycles. The summed E-state index contributed by atoms with van der Waals surface area (Å²) in [4.78, 5) is 2.00. The third-order valence-electron chi connectivity index (χ3n) is 3.51. The SMILES string of the molecule is CC1CCNC(CN(C)c2ccccc2F)C1. The van der Waals surface area contributed by atoms with Crippen LogP contribution < -0.4 is 10.2 Å². The number of para-hydroxylation sites is 1. The van der Waals surface area contributed by atoms with Gasteiger partial charge in [-0.15, -0.1) is 0 Å². The van der Waals surface area contributed by atoms with Crippen LogP contribution in [0.5, 0.6) is 0 Å². The second-order valence-electron chi connectivity index (χ2n) is 5.11. The van der Waals surface area contributed by atoms with Crippen LogP contribution in [0.4, 0.5) is 10.1 Å². The Balaban J connectivity index is 1.97. The van der Waals surface area contributed by atoms with E-state index in [4.69, 9.17) is 0 Å². The first-order valence-electron chi connectivity index (χ1n) is 6.36. The summed E-state index contributed by atoms with van der Waals surface area (Å²) < 4.78 is 13.6. The molecule has 1 fully saturated rings. The lowest BCUT2D eigenvalue weighted by molar-refractivity contribution is 0.322. The van der Waals surface area contributed by atoms with Gasteiger partial charge in [0.1, 0.15) is 5.82 Å². The summed E-state index contributed by atoms with van der Waals surface area (Å²) >= 11 is 0. The number of nitrogens with zero attached hydrogens (tertiary/aromatic N) is 1. The summed E-state index contributed by atoms with van der Waals surface area (Å²) in [7, 11) is 1.96. The largest absolute Gasteiger partial charge is 0.371 e. The fourth-order valence-corrected chi connectivity index (χ4v) is 2.55. The second kappa shape index (κ2) is 5.50. The van der Waals surface area contributed by atoms with Crippen molar-refractivity contribution in [2.45, 2.75) is 25.8 Å². The lowest BCUT2D eigenvalue weighted by Crippen LogP contribution is -2.44. The van der Waals surface area contributed by atoms with Crippen LogP contribution in [0.25, 0.3) is 0 Å². The molecular weight excluding hydrogens is 215 g/mol. The molecule has 0 aliphatic carbocycles. The Kier molecular flexibility index (Phi) is 4.00. The molecule has 0 amide bonds. The van der Waals surface area contributed by atoms with Crippen LogP contribution in [0.15, 0.2) is 24.3 Å². The number of anilines is 1. The van der Waals surface area contributed by atoms with E-state index >= 15 is 0 Å².